The maximum Gasteiger partial charge on any atom is 0.278 e. The topological polar surface area (TPSA) is 38.1 Å². The Morgan fingerprint density at radius 2 is 2.04 bits per heavy atom. The van der Waals surface area contributed by atoms with Gasteiger partial charge in [0, 0.05) is 36.4 Å². The fraction of sp³-hybridized carbons (Fsp3) is 0.111. The molecule has 0 N–H and O–H groups in total. The van der Waals surface area contributed by atoms with Crippen molar-refractivity contribution in [3.63, 3.8) is 0 Å². The van der Waals surface area contributed by atoms with E-state index in [0.29, 0.717) is 5.56 Å². The number of carbonyl (C=O) groups is 1. The van der Waals surface area contributed by atoms with Gasteiger partial charge in [-0.3, -0.25) is 4.79 Å². The molecular weight excluding hydrogens is 306 g/mol. The molecule has 0 saturated carbocycles. The second-order valence-electron chi connectivity index (χ2n) is 5.28. The molecule has 0 unspecified atom stereocenters. The highest BCUT2D eigenvalue weighted by Gasteiger charge is 2.10. The number of rotatable bonds is 4. The van der Waals surface area contributed by atoms with Crippen molar-refractivity contribution in [2.45, 2.75) is 0 Å². The van der Waals surface area contributed by atoms with Crippen LogP contribution in [0.3, 0.4) is 0 Å². The van der Waals surface area contributed by atoms with Crippen LogP contribution in [0.25, 0.3) is 12.2 Å². The zero-order chi connectivity index (χ0) is 16.2. The molecule has 4 nitrogen and oxygen atoms in total. The molecule has 0 aliphatic carbocycles. The van der Waals surface area contributed by atoms with Gasteiger partial charge in [-0.25, -0.2) is 4.68 Å². The lowest BCUT2D eigenvalue weighted by Gasteiger charge is -2.13. The number of aromatic nitrogens is 2. The highest BCUT2D eigenvalue weighted by molar-refractivity contribution is 7.10. The smallest absolute Gasteiger partial charge is 0.278 e. The van der Waals surface area contributed by atoms with Crippen LogP contribution >= 0.6 is 11.3 Å². The van der Waals surface area contributed by atoms with E-state index in [1.807, 2.05) is 72.9 Å². The molecule has 0 amide bonds. The maximum absolute atomic E-state index is 12.5. The van der Waals surface area contributed by atoms with Crippen LogP contribution in [-0.4, -0.2) is 29.8 Å². The molecule has 0 radical (unpaired) electrons. The molecule has 2 heterocycles. The summed E-state index contributed by atoms with van der Waals surface area (Å²) in [5, 5.41) is 6.36. The van der Waals surface area contributed by atoms with Crippen molar-refractivity contribution in [1.82, 2.24) is 9.78 Å². The van der Waals surface area contributed by atoms with E-state index < -0.39 is 0 Å². The van der Waals surface area contributed by atoms with Gasteiger partial charge in [0.2, 0.25) is 0 Å². The molecule has 0 bridgehead atoms. The lowest BCUT2D eigenvalue weighted by atomic mass is 10.2. The zero-order valence-corrected chi connectivity index (χ0v) is 13.8. The van der Waals surface area contributed by atoms with Gasteiger partial charge < -0.3 is 4.90 Å². The Balaban J connectivity index is 1.80. The number of carbonyl (C=O) groups excluding carboxylic acids is 1. The molecule has 3 rings (SSSR count). The Morgan fingerprint density at radius 3 is 2.78 bits per heavy atom. The number of benzene rings is 1. The molecule has 0 aliphatic heterocycles. The SMILES string of the molecule is CN(C)c1cccc(C(=O)n2ccc(/C=C/c3cccs3)n2)c1. The normalized spacial score (nSPS) is 11.0. The minimum absolute atomic E-state index is 0.135. The molecule has 0 saturated heterocycles. The molecule has 116 valence electrons. The van der Waals surface area contributed by atoms with E-state index in [2.05, 4.69) is 5.10 Å². The Hall–Kier alpha value is -2.66. The third kappa shape index (κ3) is 3.57. The standard InChI is InChI=1S/C18H17N3OS/c1-20(2)16-6-3-5-14(13-16)18(22)21-11-10-15(19-21)8-9-17-7-4-12-23-17/h3-13H,1-2H3/b9-8+. The molecule has 0 spiro atoms. The Bertz CT molecular complexity index is 832. The first kappa shape index (κ1) is 15.2. The number of nitrogens with zero attached hydrogens (tertiary/aromatic N) is 3. The number of hydrogen-bond donors (Lipinski definition) is 0. The average Bonchev–Trinajstić information content (AvgIpc) is 3.24. The first-order valence-electron chi connectivity index (χ1n) is 7.23. The van der Waals surface area contributed by atoms with E-state index >= 15 is 0 Å². The van der Waals surface area contributed by atoms with Gasteiger partial charge in [-0.1, -0.05) is 12.1 Å². The molecule has 0 fully saturated rings. The molecule has 1 aromatic carbocycles. The van der Waals surface area contributed by atoms with Crippen LogP contribution in [-0.2, 0) is 0 Å². The first-order chi connectivity index (χ1) is 11.1. The van der Waals surface area contributed by atoms with Crippen molar-refractivity contribution in [2.75, 3.05) is 19.0 Å². The summed E-state index contributed by atoms with van der Waals surface area (Å²) in [6, 6.07) is 13.4. The first-order valence-corrected chi connectivity index (χ1v) is 8.11. The highest BCUT2D eigenvalue weighted by Crippen LogP contribution is 2.15. The van der Waals surface area contributed by atoms with Gasteiger partial charge in [0.15, 0.2) is 0 Å². The van der Waals surface area contributed by atoms with Crippen molar-refractivity contribution < 1.29 is 4.79 Å². The summed E-state index contributed by atoms with van der Waals surface area (Å²) in [6.07, 6.45) is 5.60. The molecule has 3 aromatic rings. The third-order valence-corrected chi connectivity index (χ3v) is 4.23. The van der Waals surface area contributed by atoms with Gasteiger partial charge in [-0.2, -0.15) is 5.10 Å². The monoisotopic (exact) mass is 323 g/mol. The summed E-state index contributed by atoms with van der Waals surface area (Å²) in [5.74, 6) is -0.135. The molecule has 2 aromatic heterocycles. The van der Waals surface area contributed by atoms with Crippen molar-refractivity contribution in [3.05, 3.63) is 70.2 Å². The Morgan fingerprint density at radius 1 is 1.17 bits per heavy atom. The van der Waals surface area contributed by atoms with E-state index in [4.69, 9.17) is 0 Å². The third-order valence-electron chi connectivity index (χ3n) is 3.39. The maximum atomic E-state index is 12.5. The van der Waals surface area contributed by atoms with E-state index in [-0.39, 0.29) is 5.91 Å². The lowest BCUT2D eigenvalue weighted by Crippen LogP contribution is -2.14. The van der Waals surface area contributed by atoms with E-state index in [9.17, 15) is 4.79 Å². The van der Waals surface area contributed by atoms with Crippen LogP contribution in [0.15, 0.2) is 54.0 Å². The number of thiophene rings is 1. The van der Waals surface area contributed by atoms with Gasteiger partial charge in [0.1, 0.15) is 0 Å². The number of hydrogen-bond acceptors (Lipinski definition) is 4. The molecule has 23 heavy (non-hydrogen) atoms. The largest absolute Gasteiger partial charge is 0.378 e. The van der Waals surface area contributed by atoms with Gasteiger partial charge in [0.05, 0.1) is 5.69 Å². The zero-order valence-electron chi connectivity index (χ0n) is 13.0. The van der Waals surface area contributed by atoms with Gasteiger partial charge in [0.25, 0.3) is 5.91 Å². The van der Waals surface area contributed by atoms with E-state index in [1.165, 1.54) is 4.68 Å². The fourth-order valence-corrected chi connectivity index (χ4v) is 2.76. The quantitative estimate of drug-likeness (QED) is 0.731. The van der Waals surface area contributed by atoms with Crippen molar-refractivity contribution >= 4 is 35.1 Å². The Labute approximate surface area is 139 Å². The molecule has 0 atom stereocenters. The Kier molecular flexibility index (Phi) is 4.39. The minimum Gasteiger partial charge on any atom is -0.378 e. The number of anilines is 1. The summed E-state index contributed by atoms with van der Waals surface area (Å²) < 4.78 is 1.38. The van der Waals surface area contributed by atoms with Crippen LogP contribution in [0.1, 0.15) is 20.9 Å². The van der Waals surface area contributed by atoms with Crippen molar-refractivity contribution in [3.8, 4) is 0 Å². The van der Waals surface area contributed by atoms with Crippen molar-refractivity contribution in [1.29, 1.82) is 0 Å². The van der Waals surface area contributed by atoms with Crippen molar-refractivity contribution in [2.24, 2.45) is 0 Å². The molecule has 0 aliphatic rings. The van der Waals surface area contributed by atoms with E-state index in [1.54, 1.807) is 23.6 Å². The van der Waals surface area contributed by atoms with Crippen LogP contribution in [0.5, 0.6) is 0 Å². The predicted octanol–water partition coefficient (Wildman–Crippen LogP) is 3.87. The van der Waals surface area contributed by atoms with E-state index in [0.717, 1.165) is 16.3 Å². The highest BCUT2D eigenvalue weighted by atomic mass is 32.1. The lowest BCUT2D eigenvalue weighted by molar-refractivity contribution is 0.0945. The average molecular weight is 323 g/mol. The fourth-order valence-electron chi connectivity index (χ4n) is 2.14. The minimum atomic E-state index is -0.135. The van der Waals surface area contributed by atoms with Crippen LogP contribution < -0.4 is 4.90 Å². The summed E-state index contributed by atoms with van der Waals surface area (Å²) in [4.78, 5) is 15.7. The van der Waals surface area contributed by atoms with Crippen LogP contribution in [0.4, 0.5) is 5.69 Å². The van der Waals surface area contributed by atoms with Gasteiger partial charge in [-0.15, -0.1) is 11.3 Å². The molecular formula is C18H17N3OS. The second-order valence-corrected chi connectivity index (χ2v) is 6.26. The summed E-state index contributed by atoms with van der Waals surface area (Å²) >= 11 is 1.66. The summed E-state index contributed by atoms with van der Waals surface area (Å²) in [7, 11) is 3.90. The molecule has 5 heteroatoms. The summed E-state index contributed by atoms with van der Waals surface area (Å²) in [5.41, 5.74) is 2.37. The van der Waals surface area contributed by atoms with Gasteiger partial charge >= 0.3 is 0 Å². The van der Waals surface area contributed by atoms with Crippen LogP contribution in [0.2, 0.25) is 0 Å². The van der Waals surface area contributed by atoms with Crippen LogP contribution in [0, 0.1) is 0 Å². The second kappa shape index (κ2) is 6.62. The summed E-state index contributed by atoms with van der Waals surface area (Å²) in [6.45, 7) is 0. The van der Waals surface area contributed by atoms with Gasteiger partial charge in [-0.05, 0) is 47.9 Å². The predicted molar refractivity (Wildman–Crippen MR) is 96.0 cm³/mol.